The van der Waals surface area contributed by atoms with Crippen LogP contribution in [0.25, 0.3) is 22.5 Å². The predicted molar refractivity (Wildman–Crippen MR) is 240 cm³/mol. The van der Waals surface area contributed by atoms with Crippen LogP contribution in [0.15, 0.2) is 66.9 Å². The van der Waals surface area contributed by atoms with Gasteiger partial charge in [0.1, 0.15) is 55.4 Å². The van der Waals surface area contributed by atoms with Gasteiger partial charge in [0.15, 0.2) is 5.82 Å². The van der Waals surface area contributed by atoms with Crippen molar-refractivity contribution in [3.63, 3.8) is 0 Å². The van der Waals surface area contributed by atoms with Crippen molar-refractivity contribution < 1.29 is 33.4 Å². The van der Waals surface area contributed by atoms with E-state index in [0.29, 0.717) is 51.2 Å². The zero-order chi connectivity index (χ0) is 46.5. The quantitative estimate of drug-likeness (QED) is 0.0792. The number of hydrogen-bond donors (Lipinski definition) is 7. The van der Waals surface area contributed by atoms with Crippen LogP contribution < -0.4 is 47.9 Å². The fourth-order valence-electron chi connectivity index (χ4n) is 7.21. The number of carbonyl (C=O) groups is 5. The van der Waals surface area contributed by atoms with Crippen LogP contribution in [0.4, 0.5) is 0 Å². The van der Waals surface area contributed by atoms with Crippen LogP contribution in [0.2, 0.25) is 0 Å². The van der Waals surface area contributed by atoms with Gasteiger partial charge in [-0.3, -0.25) is 24.0 Å². The molecule has 0 unspecified atom stereocenters. The van der Waals surface area contributed by atoms with Gasteiger partial charge in [-0.25, -0.2) is 9.97 Å². The number of hydrogen-bond acceptors (Lipinski definition) is 13. The third kappa shape index (κ3) is 11.7. The third-order valence-corrected chi connectivity index (χ3v) is 10.7. The molecule has 0 spiro atoms. The van der Waals surface area contributed by atoms with Crippen LogP contribution in [-0.2, 0) is 25.6 Å². The van der Waals surface area contributed by atoms with Gasteiger partial charge in [0.2, 0.25) is 23.6 Å². The van der Waals surface area contributed by atoms with E-state index < -0.39 is 53.7 Å². The summed E-state index contributed by atoms with van der Waals surface area (Å²) in [5.41, 5.74) is 22.0. The van der Waals surface area contributed by atoms with Gasteiger partial charge in [0.05, 0.1) is 17.3 Å². The molecule has 4 bridgehead atoms. The molecule has 5 rings (SSSR count). The molecule has 338 valence electrons. The molecule has 18 heteroatoms. The van der Waals surface area contributed by atoms with E-state index in [1.54, 1.807) is 43.3 Å². The molecular formula is C46H57N11O7. The highest BCUT2D eigenvalue weighted by molar-refractivity contribution is 6.00. The summed E-state index contributed by atoms with van der Waals surface area (Å²) in [6, 6.07) is 14.9. The largest absolute Gasteiger partial charge is 0.492 e. The van der Waals surface area contributed by atoms with Crippen LogP contribution in [0.1, 0.15) is 71.9 Å². The minimum Gasteiger partial charge on any atom is -0.492 e. The monoisotopic (exact) mass is 875 g/mol. The lowest BCUT2D eigenvalue weighted by molar-refractivity contribution is -0.141. The zero-order valence-corrected chi connectivity index (χ0v) is 36.8. The molecular weight excluding hydrogens is 819 g/mol. The van der Waals surface area contributed by atoms with Gasteiger partial charge in [0.25, 0.3) is 5.91 Å². The molecule has 2 heterocycles. The zero-order valence-electron chi connectivity index (χ0n) is 36.8. The van der Waals surface area contributed by atoms with Crippen LogP contribution in [-0.4, -0.2) is 109 Å². The Morgan fingerprint density at radius 1 is 0.922 bits per heavy atom. The van der Waals surface area contributed by atoms with E-state index in [4.69, 9.17) is 31.9 Å². The molecule has 64 heavy (non-hydrogen) atoms. The van der Waals surface area contributed by atoms with Crippen molar-refractivity contribution >= 4 is 29.5 Å². The van der Waals surface area contributed by atoms with Gasteiger partial charge >= 0.3 is 0 Å². The first-order valence-corrected chi connectivity index (χ1v) is 21.1. The normalized spacial score (nSPS) is 16.6. The Balaban J connectivity index is 1.56. The van der Waals surface area contributed by atoms with Crippen molar-refractivity contribution in [1.82, 2.24) is 36.1 Å². The predicted octanol–water partition coefficient (Wildman–Crippen LogP) is 1.75. The van der Waals surface area contributed by atoms with Gasteiger partial charge in [-0.15, -0.1) is 0 Å². The molecule has 1 aliphatic rings. The summed E-state index contributed by atoms with van der Waals surface area (Å²) in [5.74, 6) is -1.81. The second kappa shape index (κ2) is 22.4. The minimum atomic E-state index is -1.40. The highest BCUT2D eigenvalue weighted by Crippen LogP contribution is 2.40. The molecule has 0 saturated heterocycles. The minimum absolute atomic E-state index is 0.00173. The number of fused-ring (bicyclic) bond motifs is 5. The van der Waals surface area contributed by atoms with E-state index in [1.807, 2.05) is 30.3 Å². The number of nitrogens with one attached hydrogen (secondary N) is 4. The fraction of sp³-hybridized carbons (Fsp3) is 0.391. The molecule has 4 aromatic rings. The molecule has 1 aliphatic heterocycles. The van der Waals surface area contributed by atoms with Crippen LogP contribution in [0, 0.1) is 18.3 Å². The summed E-state index contributed by atoms with van der Waals surface area (Å²) >= 11 is 0. The maximum absolute atomic E-state index is 14.6. The number of amides is 5. The summed E-state index contributed by atoms with van der Waals surface area (Å²) in [5, 5.41) is 19.8. The number of ether oxygens (including phenoxy) is 2. The molecule has 3 aromatic carbocycles. The van der Waals surface area contributed by atoms with Gasteiger partial charge in [-0.05, 0) is 73.7 Å². The molecule has 10 N–H and O–H groups in total. The topological polar surface area (TPSA) is 283 Å². The van der Waals surface area contributed by atoms with Crippen molar-refractivity contribution in [2.24, 2.45) is 17.2 Å². The Morgan fingerprint density at radius 2 is 1.58 bits per heavy atom. The van der Waals surface area contributed by atoms with Gasteiger partial charge < -0.3 is 52.8 Å². The van der Waals surface area contributed by atoms with Crippen LogP contribution >= 0.6 is 0 Å². The fourth-order valence-corrected chi connectivity index (χ4v) is 7.21. The number of likely N-dealkylation sites (N-methyl/N-ethyl adjacent to an activating group) is 1. The number of benzene rings is 3. The first kappa shape index (κ1) is 48.1. The number of nitrogens with two attached hydrogens (primary N) is 3. The van der Waals surface area contributed by atoms with Gasteiger partial charge in [0, 0.05) is 49.4 Å². The van der Waals surface area contributed by atoms with Crippen molar-refractivity contribution in [3.05, 3.63) is 94.8 Å². The second-order valence-electron chi connectivity index (χ2n) is 15.7. The smallest absolute Gasteiger partial charge is 0.255 e. The van der Waals surface area contributed by atoms with Crippen molar-refractivity contribution in [1.29, 1.82) is 5.26 Å². The van der Waals surface area contributed by atoms with Crippen LogP contribution in [0.3, 0.4) is 0 Å². The van der Waals surface area contributed by atoms with E-state index in [1.165, 1.54) is 25.1 Å². The van der Waals surface area contributed by atoms with E-state index in [0.717, 1.165) is 11.1 Å². The first-order valence-electron chi connectivity index (χ1n) is 21.1. The number of aryl methyl sites for hydroxylation is 1. The van der Waals surface area contributed by atoms with Crippen molar-refractivity contribution in [2.75, 3.05) is 46.4 Å². The Bertz CT molecular complexity index is 2370. The number of nitriles is 1. The lowest BCUT2D eigenvalue weighted by Crippen LogP contribution is -2.56. The summed E-state index contributed by atoms with van der Waals surface area (Å²) in [6.45, 7) is 7.69. The third-order valence-electron chi connectivity index (χ3n) is 10.7. The summed E-state index contributed by atoms with van der Waals surface area (Å²) < 4.78 is 12.2. The molecule has 0 fully saturated rings. The van der Waals surface area contributed by atoms with Gasteiger partial charge in [-0.1, -0.05) is 50.2 Å². The maximum Gasteiger partial charge on any atom is 0.255 e. The summed E-state index contributed by atoms with van der Waals surface area (Å²) in [7, 11) is 1.41. The number of nitrogens with zero attached hydrogens (tertiary/aromatic N) is 4. The molecule has 18 nitrogen and oxygen atoms in total. The Hall–Kier alpha value is -6.94. The van der Waals surface area contributed by atoms with E-state index in [9.17, 15) is 24.0 Å². The first-order chi connectivity index (χ1) is 30.7. The molecule has 0 radical (unpaired) electrons. The van der Waals surface area contributed by atoms with Gasteiger partial charge in [-0.2, -0.15) is 5.26 Å². The lowest BCUT2D eigenvalue weighted by Gasteiger charge is -2.32. The molecule has 1 aromatic heterocycles. The van der Waals surface area contributed by atoms with E-state index in [-0.39, 0.29) is 57.8 Å². The summed E-state index contributed by atoms with van der Waals surface area (Å²) in [6.07, 6.45) is 1.41. The number of rotatable bonds is 16. The van der Waals surface area contributed by atoms with Crippen molar-refractivity contribution in [3.8, 4) is 40.1 Å². The van der Waals surface area contributed by atoms with E-state index >= 15 is 0 Å². The molecule has 5 amide bonds. The SMILES string of the molecule is Cc1nc(-c2ccc(C(C)C)cc2)ncc1C(=O)N[C@@H](CCN)C(=O)N(C)[C@@H]1C(=O)N[C@@H](C)C(=O)N[C@H](C(=O)NCC#N)Cc2ccc(OCCN)c(c2)-c2cc1ccc2OCCN. The Kier molecular flexibility index (Phi) is 16.9. The Morgan fingerprint density at radius 3 is 2.19 bits per heavy atom. The van der Waals surface area contributed by atoms with Crippen LogP contribution in [0.5, 0.6) is 11.5 Å². The van der Waals surface area contributed by atoms with E-state index in [2.05, 4.69) is 45.1 Å². The molecule has 4 atom stereocenters. The standard InChI is InChI=1S/C46H57N11O7/c1-26(2)30-7-9-31(10-8-30)41-52-25-35(27(3)53-41)43(59)55-36(14-15-47)46(62)57(5)40-32-11-13-39(64-21-18-50)34(24-32)33-22-29(6-12-38(33)63-20-17-49)23-37(44(60)51-19-16-48)56-42(58)28(4)54-45(40)61/h6-13,22,24-26,28,36-37,40H,14-15,17-21,23,47,49-50H2,1-5H3,(H,51,60)(H,54,61)(H,55,59)(H,56,58)/t28-,36-,37-,40-/m0/s1. The Labute approximate surface area is 372 Å². The molecule has 0 aliphatic carbocycles. The average molecular weight is 876 g/mol. The molecule has 0 saturated carbocycles. The average Bonchev–Trinajstić information content (AvgIpc) is 3.28. The number of aromatic nitrogens is 2. The number of carbonyl (C=O) groups excluding carboxylic acids is 5. The van der Waals surface area contributed by atoms with Crippen molar-refractivity contribution in [2.45, 2.75) is 70.6 Å². The second-order valence-corrected chi connectivity index (χ2v) is 15.7. The summed E-state index contributed by atoms with van der Waals surface area (Å²) in [4.78, 5) is 80.2. The lowest BCUT2D eigenvalue weighted by atomic mass is 9.93. The highest BCUT2D eigenvalue weighted by Gasteiger charge is 2.36. The maximum atomic E-state index is 14.6. The highest BCUT2D eigenvalue weighted by atomic mass is 16.5.